The van der Waals surface area contributed by atoms with Crippen molar-refractivity contribution in [2.24, 2.45) is 5.92 Å². The number of methoxy groups -OCH3 is 1. The molecule has 2 rings (SSSR count). The third kappa shape index (κ3) is 3.54. The Morgan fingerprint density at radius 3 is 3.11 bits per heavy atom. The van der Waals surface area contributed by atoms with Gasteiger partial charge in [-0.3, -0.25) is 4.90 Å². The highest BCUT2D eigenvalue weighted by Crippen LogP contribution is 2.26. The third-order valence-electron chi connectivity index (χ3n) is 4.05. The molecule has 1 aliphatic heterocycles. The number of ether oxygens (including phenoxy) is 1. The predicted molar refractivity (Wildman–Crippen MR) is 77.2 cm³/mol. The first-order valence-corrected chi connectivity index (χ1v) is 7.85. The lowest BCUT2D eigenvalue weighted by atomic mass is 9.91. The van der Waals surface area contributed by atoms with Crippen molar-refractivity contribution in [3.8, 4) is 0 Å². The van der Waals surface area contributed by atoms with Crippen LogP contribution in [-0.4, -0.2) is 41.3 Å². The van der Waals surface area contributed by atoms with Gasteiger partial charge in [0.2, 0.25) is 0 Å². The summed E-state index contributed by atoms with van der Waals surface area (Å²) in [7, 11) is 1.71. The molecule has 1 saturated heterocycles. The molecule has 108 valence electrons. The van der Waals surface area contributed by atoms with E-state index < -0.39 is 0 Å². The van der Waals surface area contributed by atoms with E-state index >= 15 is 0 Å². The van der Waals surface area contributed by atoms with E-state index in [1.54, 1.807) is 18.4 Å². The fourth-order valence-corrected chi connectivity index (χ4v) is 3.56. The number of hydrogen-bond donors (Lipinski definition) is 1. The van der Waals surface area contributed by atoms with Crippen LogP contribution in [0.5, 0.6) is 0 Å². The summed E-state index contributed by atoms with van der Waals surface area (Å²) in [5.41, 5.74) is 1.09. The van der Waals surface area contributed by atoms with Crippen LogP contribution in [0.15, 0.2) is 5.38 Å². The fraction of sp³-hybridized carbons (Fsp3) is 0.786. The largest absolute Gasteiger partial charge is 0.395 e. The van der Waals surface area contributed by atoms with E-state index in [9.17, 15) is 5.11 Å². The van der Waals surface area contributed by atoms with Crippen LogP contribution in [0.4, 0.5) is 0 Å². The number of aromatic nitrogens is 1. The second-order valence-corrected chi connectivity index (χ2v) is 6.28. The van der Waals surface area contributed by atoms with E-state index in [4.69, 9.17) is 4.74 Å². The minimum atomic E-state index is 0.0627. The molecule has 19 heavy (non-hydrogen) atoms. The zero-order valence-corrected chi connectivity index (χ0v) is 12.8. The number of nitrogens with zero attached hydrogens (tertiary/aromatic N) is 2. The molecule has 0 radical (unpaired) electrons. The maximum absolute atomic E-state index is 9.56. The first-order valence-electron chi connectivity index (χ1n) is 6.97. The van der Waals surface area contributed by atoms with Crippen LogP contribution in [0.1, 0.15) is 43.5 Å². The SMILES string of the molecule is COC(C)c1nc(CN2CCCC(C)C2CO)cs1. The number of thiazole rings is 1. The molecule has 0 amide bonds. The maximum Gasteiger partial charge on any atom is 0.122 e. The summed E-state index contributed by atoms with van der Waals surface area (Å²) in [4.78, 5) is 7.00. The summed E-state index contributed by atoms with van der Waals surface area (Å²) in [5, 5.41) is 12.7. The van der Waals surface area contributed by atoms with Crippen LogP contribution in [0, 0.1) is 5.92 Å². The van der Waals surface area contributed by atoms with Crippen molar-refractivity contribution in [1.29, 1.82) is 0 Å². The van der Waals surface area contributed by atoms with E-state index in [0.29, 0.717) is 5.92 Å². The topological polar surface area (TPSA) is 45.6 Å². The summed E-state index contributed by atoms with van der Waals surface area (Å²) in [6, 6.07) is 0.277. The zero-order valence-electron chi connectivity index (χ0n) is 12.0. The minimum absolute atomic E-state index is 0.0627. The van der Waals surface area contributed by atoms with Crippen molar-refractivity contribution in [1.82, 2.24) is 9.88 Å². The van der Waals surface area contributed by atoms with Gasteiger partial charge in [0, 0.05) is 25.1 Å². The average Bonchev–Trinajstić information content (AvgIpc) is 2.87. The third-order valence-corrected chi connectivity index (χ3v) is 5.11. The van der Waals surface area contributed by atoms with Crippen molar-refractivity contribution in [2.45, 2.75) is 45.4 Å². The molecular formula is C14H24N2O2S. The van der Waals surface area contributed by atoms with Gasteiger partial charge in [0.15, 0.2) is 0 Å². The van der Waals surface area contributed by atoms with Gasteiger partial charge in [0.05, 0.1) is 12.3 Å². The summed E-state index contributed by atoms with van der Waals surface area (Å²) in [5.74, 6) is 0.565. The number of aliphatic hydroxyl groups excluding tert-OH is 1. The van der Waals surface area contributed by atoms with Crippen LogP contribution >= 0.6 is 11.3 Å². The van der Waals surface area contributed by atoms with Crippen molar-refractivity contribution >= 4 is 11.3 Å². The molecule has 4 nitrogen and oxygen atoms in total. The molecule has 0 bridgehead atoms. The molecule has 5 heteroatoms. The van der Waals surface area contributed by atoms with E-state index in [2.05, 4.69) is 22.2 Å². The Morgan fingerprint density at radius 1 is 1.63 bits per heavy atom. The molecule has 1 fully saturated rings. The lowest BCUT2D eigenvalue weighted by Crippen LogP contribution is -2.46. The second kappa shape index (κ2) is 6.79. The first kappa shape index (κ1) is 14.9. The Morgan fingerprint density at radius 2 is 2.42 bits per heavy atom. The fourth-order valence-electron chi connectivity index (χ4n) is 2.72. The van der Waals surface area contributed by atoms with Crippen LogP contribution in [0.25, 0.3) is 0 Å². The van der Waals surface area contributed by atoms with E-state index in [1.165, 1.54) is 12.8 Å². The van der Waals surface area contributed by atoms with Crippen LogP contribution in [0.2, 0.25) is 0 Å². The lowest BCUT2D eigenvalue weighted by Gasteiger charge is -2.38. The van der Waals surface area contributed by atoms with Crippen molar-refractivity contribution in [3.63, 3.8) is 0 Å². The van der Waals surface area contributed by atoms with Gasteiger partial charge in [-0.25, -0.2) is 4.98 Å². The summed E-state index contributed by atoms with van der Waals surface area (Å²) in [6.07, 6.45) is 2.49. The summed E-state index contributed by atoms with van der Waals surface area (Å²) in [6.45, 7) is 6.38. The normalized spacial score (nSPS) is 26.5. The average molecular weight is 284 g/mol. The standard InChI is InChI=1S/C14H24N2O2S/c1-10-5-4-6-16(13(10)8-17)7-12-9-19-14(15-12)11(2)18-3/h9-11,13,17H,4-8H2,1-3H3. The molecule has 0 spiro atoms. The number of likely N-dealkylation sites (tertiary alicyclic amines) is 1. The highest BCUT2D eigenvalue weighted by atomic mass is 32.1. The first-order chi connectivity index (χ1) is 9.15. The molecule has 1 N–H and O–H groups in total. The predicted octanol–water partition coefficient (Wildman–Crippen LogP) is 2.44. The Kier molecular flexibility index (Phi) is 5.33. The Hall–Kier alpha value is -0.490. The molecule has 0 saturated carbocycles. The molecule has 0 aromatic carbocycles. The van der Waals surface area contributed by atoms with Crippen molar-refractivity contribution < 1.29 is 9.84 Å². The molecule has 3 atom stereocenters. The monoisotopic (exact) mass is 284 g/mol. The van der Waals surface area contributed by atoms with Crippen LogP contribution in [-0.2, 0) is 11.3 Å². The summed E-state index contributed by atoms with van der Waals surface area (Å²) >= 11 is 1.66. The molecule has 1 aliphatic rings. The van der Waals surface area contributed by atoms with Crippen molar-refractivity contribution in [3.05, 3.63) is 16.1 Å². The molecule has 1 aromatic heterocycles. The molecule has 0 aliphatic carbocycles. The molecule has 2 heterocycles. The number of rotatable bonds is 5. The van der Waals surface area contributed by atoms with Gasteiger partial charge in [-0.2, -0.15) is 0 Å². The lowest BCUT2D eigenvalue weighted by molar-refractivity contribution is 0.0463. The minimum Gasteiger partial charge on any atom is -0.395 e. The maximum atomic E-state index is 9.56. The Bertz CT molecular complexity index is 397. The van der Waals surface area contributed by atoms with Crippen molar-refractivity contribution in [2.75, 3.05) is 20.3 Å². The van der Waals surface area contributed by atoms with Crippen LogP contribution in [0.3, 0.4) is 0 Å². The van der Waals surface area contributed by atoms with Gasteiger partial charge in [-0.15, -0.1) is 11.3 Å². The van der Waals surface area contributed by atoms with Gasteiger partial charge in [0.25, 0.3) is 0 Å². The summed E-state index contributed by atoms with van der Waals surface area (Å²) < 4.78 is 5.29. The van der Waals surface area contributed by atoms with Gasteiger partial charge in [0.1, 0.15) is 11.1 Å². The Balaban J connectivity index is 2.01. The van der Waals surface area contributed by atoms with E-state index in [0.717, 1.165) is 23.8 Å². The number of aliphatic hydroxyl groups is 1. The van der Waals surface area contributed by atoms with E-state index in [1.807, 2.05) is 6.92 Å². The van der Waals surface area contributed by atoms with Gasteiger partial charge in [-0.05, 0) is 32.2 Å². The van der Waals surface area contributed by atoms with E-state index in [-0.39, 0.29) is 18.8 Å². The van der Waals surface area contributed by atoms with Crippen LogP contribution < -0.4 is 0 Å². The smallest absolute Gasteiger partial charge is 0.122 e. The second-order valence-electron chi connectivity index (χ2n) is 5.39. The van der Waals surface area contributed by atoms with Gasteiger partial charge in [-0.1, -0.05) is 6.92 Å². The highest BCUT2D eigenvalue weighted by molar-refractivity contribution is 7.09. The molecule has 3 unspecified atom stereocenters. The number of hydrogen-bond acceptors (Lipinski definition) is 5. The van der Waals surface area contributed by atoms with Gasteiger partial charge >= 0.3 is 0 Å². The number of piperidine rings is 1. The zero-order chi connectivity index (χ0) is 13.8. The van der Waals surface area contributed by atoms with Gasteiger partial charge < -0.3 is 9.84 Å². The molecular weight excluding hydrogens is 260 g/mol. The molecule has 1 aromatic rings. The quantitative estimate of drug-likeness (QED) is 0.902. The Labute approximate surface area is 119 Å². The highest BCUT2D eigenvalue weighted by Gasteiger charge is 2.28.